The van der Waals surface area contributed by atoms with E-state index < -0.39 is 0 Å². The maximum absolute atomic E-state index is 3.87. The number of nitrogens with zero attached hydrogens (tertiary/aromatic N) is 1. The summed E-state index contributed by atoms with van der Waals surface area (Å²) in [5.74, 6) is 0. The van der Waals surface area contributed by atoms with Crippen LogP contribution in [0.2, 0.25) is 0 Å². The van der Waals surface area contributed by atoms with Gasteiger partial charge in [-0.3, -0.25) is 4.90 Å². The minimum absolute atomic E-state index is 0.457. The van der Waals surface area contributed by atoms with Crippen LogP contribution >= 0.6 is 0 Å². The second-order valence-electron chi connectivity index (χ2n) is 7.84. The first kappa shape index (κ1) is 16.3. The van der Waals surface area contributed by atoms with Gasteiger partial charge in [0.05, 0.1) is 0 Å². The standard InChI is InChI=1S/C18H36N2/c1-5-14-19-17-16(12-13-18(17,2)3)20(4)15-10-8-6-7-9-11-15/h15-17,19H,5-14H2,1-4H3. The molecule has 0 amide bonds. The highest BCUT2D eigenvalue weighted by Gasteiger charge is 2.44. The zero-order valence-corrected chi connectivity index (χ0v) is 14.3. The molecule has 0 aromatic carbocycles. The first-order chi connectivity index (χ1) is 9.56. The maximum Gasteiger partial charge on any atom is 0.0274 e. The third-order valence-electron chi connectivity index (χ3n) is 5.85. The molecule has 0 saturated heterocycles. The van der Waals surface area contributed by atoms with Crippen molar-refractivity contribution in [2.75, 3.05) is 13.6 Å². The van der Waals surface area contributed by atoms with Gasteiger partial charge in [0, 0.05) is 18.1 Å². The lowest BCUT2D eigenvalue weighted by Gasteiger charge is -2.39. The van der Waals surface area contributed by atoms with E-state index in [1.54, 1.807) is 0 Å². The Labute approximate surface area is 126 Å². The van der Waals surface area contributed by atoms with Crippen LogP contribution in [0.4, 0.5) is 0 Å². The summed E-state index contributed by atoms with van der Waals surface area (Å²) in [5.41, 5.74) is 0.457. The Balaban J connectivity index is 2.00. The van der Waals surface area contributed by atoms with Crippen molar-refractivity contribution in [3.63, 3.8) is 0 Å². The van der Waals surface area contributed by atoms with Crippen molar-refractivity contribution >= 4 is 0 Å². The van der Waals surface area contributed by atoms with Gasteiger partial charge in [-0.15, -0.1) is 0 Å². The SMILES string of the molecule is CCCNC1C(N(C)C2CCCCCC2)CCC1(C)C. The molecule has 0 aromatic heterocycles. The average molecular weight is 280 g/mol. The summed E-state index contributed by atoms with van der Waals surface area (Å²) in [5, 5.41) is 3.87. The summed E-state index contributed by atoms with van der Waals surface area (Å²) >= 11 is 0. The molecule has 1 N–H and O–H groups in total. The molecule has 2 aliphatic carbocycles. The Bertz CT molecular complexity index is 279. The number of nitrogens with one attached hydrogen (secondary N) is 1. The molecule has 0 radical (unpaired) electrons. The summed E-state index contributed by atoms with van der Waals surface area (Å²) in [4.78, 5) is 2.76. The quantitative estimate of drug-likeness (QED) is 0.759. The minimum Gasteiger partial charge on any atom is -0.312 e. The normalized spacial score (nSPS) is 31.6. The summed E-state index contributed by atoms with van der Waals surface area (Å²) in [6.45, 7) is 8.37. The minimum atomic E-state index is 0.457. The van der Waals surface area contributed by atoms with E-state index in [0.29, 0.717) is 11.5 Å². The van der Waals surface area contributed by atoms with Gasteiger partial charge in [0.25, 0.3) is 0 Å². The van der Waals surface area contributed by atoms with Crippen molar-refractivity contribution in [3.05, 3.63) is 0 Å². The molecule has 20 heavy (non-hydrogen) atoms. The molecule has 2 unspecified atom stereocenters. The van der Waals surface area contributed by atoms with E-state index in [1.165, 1.54) is 64.3 Å². The largest absolute Gasteiger partial charge is 0.312 e. The maximum atomic E-state index is 3.87. The van der Waals surface area contributed by atoms with E-state index in [0.717, 1.165) is 12.1 Å². The Morgan fingerprint density at radius 1 is 1.05 bits per heavy atom. The van der Waals surface area contributed by atoms with Crippen LogP contribution < -0.4 is 5.32 Å². The fourth-order valence-electron chi connectivity index (χ4n) is 4.45. The summed E-state index contributed by atoms with van der Waals surface area (Å²) < 4.78 is 0. The number of rotatable bonds is 5. The molecule has 0 aliphatic heterocycles. The molecule has 2 rings (SSSR count). The fraction of sp³-hybridized carbons (Fsp3) is 1.00. The predicted molar refractivity (Wildman–Crippen MR) is 88.1 cm³/mol. The summed E-state index contributed by atoms with van der Waals surface area (Å²) in [6, 6.07) is 2.26. The third-order valence-corrected chi connectivity index (χ3v) is 5.85. The van der Waals surface area contributed by atoms with Crippen molar-refractivity contribution in [2.24, 2.45) is 5.41 Å². The van der Waals surface area contributed by atoms with Gasteiger partial charge in [0.1, 0.15) is 0 Å². The topological polar surface area (TPSA) is 15.3 Å². The lowest BCUT2D eigenvalue weighted by atomic mass is 9.86. The van der Waals surface area contributed by atoms with Crippen LogP contribution in [-0.4, -0.2) is 36.6 Å². The van der Waals surface area contributed by atoms with E-state index in [-0.39, 0.29) is 0 Å². The van der Waals surface area contributed by atoms with E-state index >= 15 is 0 Å². The molecule has 0 bridgehead atoms. The highest BCUT2D eigenvalue weighted by molar-refractivity contribution is 5.01. The Hall–Kier alpha value is -0.0800. The monoisotopic (exact) mass is 280 g/mol. The van der Waals surface area contributed by atoms with Gasteiger partial charge < -0.3 is 5.32 Å². The second kappa shape index (κ2) is 7.26. The van der Waals surface area contributed by atoms with Crippen LogP contribution in [0.15, 0.2) is 0 Å². The fourth-order valence-corrected chi connectivity index (χ4v) is 4.45. The molecule has 2 atom stereocenters. The van der Waals surface area contributed by atoms with Crippen LogP contribution in [0.5, 0.6) is 0 Å². The molecule has 0 heterocycles. The lowest BCUT2D eigenvalue weighted by Crippen LogP contribution is -2.53. The molecule has 2 heteroatoms. The Morgan fingerprint density at radius 2 is 1.70 bits per heavy atom. The molecule has 0 spiro atoms. The number of hydrogen-bond acceptors (Lipinski definition) is 2. The number of likely N-dealkylation sites (N-methyl/N-ethyl adjacent to an activating group) is 1. The van der Waals surface area contributed by atoms with Crippen molar-refractivity contribution in [1.82, 2.24) is 10.2 Å². The molecule has 2 fully saturated rings. The van der Waals surface area contributed by atoms with Crippen LogP contribution in [0.25, 0.3) is 0 Å². The van der Waals surface area contributed by atoms with Crippen molar-refractivity contribution in [2.45, 2.75) is 96.7 Å². The molecule has 118 valence electrons. The highest BCUT2D eigenvalue weighted by atomic mass is 15.2. The Morgan fingerprint density at radius 3 is 2.30 bits per heavy atom. The lowest BCUT2D eigenvalue weighted by molar-refractivity contribution is 0.118. The van der Waals surface area contributed by atoms with Gasteiger partial charge in [0.2, 0.25) is 0 Å². The van der Waals surface area contributed by atoms with Gasteiger partial charge >= 0.3 is 0 Å². The summed E-state index contributed by atoms with van der Waals surface area (Å²) in [7, 11) is 2.41. The molecular weight excluding hydrogens is 244 g/mol. The highest BCUT2D eigenvalue weighted by Crippen LogP contribution is 2.41. The molecular formula is C18H36N2. The number of hydrogen-bond donors (Lipinski definition) is 1. The second-order valence-corrected chi connectivity index (χ2v) is 7.84. The van der Waals surface area contributed by atoms with E-state index in [4.69, 9.17) is 0 Å². The van der Waals surface area contributed by atoms with Crippen molar-refractivity contribution in [3.8, 4) is 0 Å². The third kappa shape index (κ3) is 3.76. The first-order valence-electron chi connectivity index (χ1n) is 9.01. The predicted octanol–water partition coefficient (Wildman–Crippen LogP) is 4.20. The zero-order chi connectivity index (χ0) is 14.6. The molecule has 2 nitrogen and oxygen atoms in total. The van der Waals surface area contributed by atoms with Gasteiger partial charge in [-0.2, -0.15) is 0 Å². The van der Waals surface area contributed by atoms with Crippen LogP contribution in [0.3, 0.4) is 0 Å². The molecule has 2 aliphatic rings. The zero-order valence-electron chi connectivity index (χ0n) is 14.3. The van der Waals surface area contributed by atoms with Gasteiger partial charge in [-0.05, 0) is 51.1 Å². The van der Waals surface area contributed by atoms with Crippen LogP contribution in [0, 0.1) is 5.41 Å². The van der Waals surface area contributed by atoms with E-state index in [2.05, 4.69) is 38.0 Å². The first-order valence-corrected chi connectivity index (χ1v) is 9.01. The summed E-state index contributed by atoms with van der Waals surface area (Å²) in [6.07, 6.45) is 12.6. The van der Waals surface area contributed by atoms with E-state index in [9.17, 15) is 0 Å². The Kier molecular flexibility index (Phi) is 5.92. The molecule has 0 aromatic rings. The van der Waals surface area contributed by atoms with Crippen LogP contribution in [-0.2, 0) is 0 Å². The van der Waals surface area contributed by atoms with Gasteiger partial charge in [-0.25, -0.2) is 0 Å². The van der Waals surface area contributed by atoms with Gasteiger partial charge in [0.15, 0.2) is 0 Å². The average Bonchev–Trinajstić information content (AvgIpc) is 2.62. The van der Waals surface area contributed by atoms with E-state index in [1.807, 2.05) is 0 Å². The van der Waals surface area contributed by atoms with Crippen molar-refractivity contribution < 1.29 is 0 Å². The smallest absolute Gasteiger partial charge is 0.0274 e. The van der Waals surface area contributed by atoms with Crippen LogP contribution in [0.1, 0.15) is 78.6 Å². The van der Waals surface area contributed by atoms with Gasteiger partial charge in [-0.1, -0.05) is 46.5 Å². The van der Waals surface area contributed by atoms with Crippen molar-refractivity contribution in [1.29, 1.82) is 0 Å². The molecule has 2 saturated carbocycles.